The lowest BCUT2D eigenvalue weighted by molar-refractivity contribution is -0.137. The number of aryl methyl sites for hydroxylation is 1. The standard InChI is InChI=1S/C24H24F2N6O4/c25-24(26)35-14-15-5-3-6-16(13-15)21-29-20(36-32-21)10-9-19(33)27-11-4-12-28-22-17-7-1-2-8-18(17)23(34)31-30-22/h1-3,5-8,13,18,24,28H,4,9-12,14H2,(H,27,33). The van der Waals surface area contributed by atoms with Crippen LogP contribution in [0.5, 0.6) is 0 Å². The van der Waals surface area contributed by atoms with Crippen molar-refractivity contribution < 1.29 is 27.6 Å². The van der Waals surface area contributed by atoms with E-state index in [1.165, 1.54) is 0 Å². The van der Waals surface area contributed by atoms with Crippen molar-refractivity contribution in [3.8, 4) is 11.4 Å². The maximum absolute atomic E-state index is 12.2. The predicted molar refractivity (Wildman–Crippen MR) is 123 cm³/mol. The summed E-state index contributed by atoms with van der Waals surface area (Å²) < 4.78 is 34.0. The number of hydrogen-bond acceptors (Lipinski definition) is 8. The summed E-state index contributed by atoms with van der Waals surface area (Å²) in [5.41, 5.74) is 1.94. The number of halogens is 2. The van der Waals surface area contributed by atoms with Gasteiger partial charge in [0.1, 0.15) is 0 Å². The van der Waals surface area contributed by atoms with E-state index in [1.807, 2.05) is 18.2 Å². The number of allylic oxidation sites excluding steroid dienone is 3. The van der Waals surface area contributed by atoms with Gasteiger partial charge in [-0.05, 0) is 18.1 Å². The second kappa shape index (κ2) is 12.1. The van der Waals surface area contributed by atoms with E-state index < -0.39 is 12.5 Å². The monoisotopic (exact) mass is 498 g/mol. The summed E-state index contributed by atoms with van der Waals surface area (Å²) in [6, 6.07) is 6.72. The van der Waals surface area contributed by atoms with E-state index in [9.17, 15) is 18.4 Å². The van der Waals surface area contributed by atoms with Crippen LogP contribution in [-0.2, 0) is 27.4 Å². The van der Waals surface area contributed by atoms with Gasteiger partial charge >= 0.3 is 6.61 Å². The fourth-order valence-electron chi connectivity index (χ4n) is 3.60. The number of aromatic nitrogens is 2. The number of carbonyl (C=O) groups is 2. The molecule has 1 aromatic heterocycles. The maximum atomic E-state index is 12.2. The molecule has 1 aromatic carbocycles. The summed E-state index contributed by atoms with van der Waals surface area (Å²) in [5, 5.41) is 17.5. The van der Waals surface area contributed by atoms with E-state index >= 15 is 0 Å². The van der Waals surface area contributed by atoms with Crippen LogP contribution in [0, 0.1) is 5.92 Å². The molecule has 36 heavy (non-hydrogen) atoms. The first-order chi connectivity index (χ1) is 17.5. The van der Waals surface area contributed by atoms with Gasteiger partial charge in [0.2, 0.25) is 17.6 Å². The Labute approximate surface area is 205 Å². The number of ether oxygens (including phenoxy) is 1. The Morgan fingerprint density at radius 1 is 1.19 bits per heavy atom. The Kier molecular flexibility index (Phi) is 8.40. The molecule has 0 fully saturated rings. The van der Waals surface area contributed by atoms with E-state index in [2.05, 4.69) is 35.7 Å². The summed E-state index contributed by atoms with van der Waals surface area (Å²) in [6.45, 7) is -2.08. The summed E-state index contributed by atoms with van der Waals surface area (Å²) in [4.78, 5) is 28.3. The number of alkyl halides is 2. The molecule has 2 amide bonds. The molecule has 2 heterocycles. The highest BCUT2D eigenvalue weighted by Gasteiger charge is 2.26. The fraction of sp³-hybridized carbons (Fsp3) is 0.333. The van der Waals surface area contributed by atoms with E-state index in [-0.39, 0.29) is 31.3 Å². The summed E-state index contributed by atoms with van der Waals surface area (Å²) >= 11 is 0. The van der Waals surface area contributed by atoms with Gasteiger partial charge in [-0.3, -0.25) is 9.59 Å². The van der Waals surface area contributed by atoms with Crippen LogP contribution in [0.15, 0.2) is 74.7 Å². The molecule has 1 aliphatic carbocycles. The molecular weight excluding hydrogens is 474 g/mol. The highest BCUT2D eigenvalue weighted by atomic mass is 19.3. The Morgan fingerprint density at radius 2 is 2.08 bits per heavy atom. The largest absolute Gasteiger partial charge is 0.368 e. The number of carbonyl (C=O) groups excluding carboxylic acids is 2. The molecule has 12 heteroatoms. The summed E-state index contributed by atoms with van der Waals surface area (Å²) in [5.74, 6) is 0.314. The first kappa shape index (κ1) is 25.0. The lowest BCUT2D eigenvalue weighted by atomic mass is 9.93. The lowest BCUT2D eigenvalue weighted by Gasteiger charge is -2.20. The molecule has 0 radical (unpaired) electrons. The Morgan fingerprint density at radius 3 is 2.94 bits per heavy atom. The molecule has 1 atom stereocenters. The number of amides is 2. The van der Waals surface area contributed by atoms with Gasteiger partial charge < -0.3 is 19.9 Å². The van der Waals surface area contributed by atoms with Crippen LogP contribution in [0.2, 0.25) is 0 Å². The van der Waals surface area contributed by atoms with Crippen molar-refractivity contribution in [3.63, 3.8) is 0 Å². The highest BCUT2D eigenvalue weighted by molar-refractivity contribution is 5.86. The molecule has 4 rings (SSSR count). The van der Waals surface area contributed by atoms with E-state index in [0.717, 1.165) is 5.57 Å². The molecule has 0 saturated heterocycles. The van der Waals surface area contributed by atoms with Gasteiger partial charge in [0.25, 0.3) is 5.91 Å². The molecule has 1 unspecified atom stereocenters. The quantitative estimate of drug-likeness (QED) is 0.429. The van der Waals surface area contributed by atoms with Crippen molar-refractivity contribution >= 4 is 11.8 Å². The van der Waals surface area contributed by atoms with Gasteiger partial charge in [0, 0.05) is 37.1 Å². The van der Waals surface area contributed by atoms with Gasteiger partial charge in [-0.1, -0.05) is 47.7 Å². The Bertz CT molecular complexity index is 1220. The molecule has 188 valence electrons. The minimum Gasteiger partial charge on any atom is -0.368 e. The van der Waals surface area contributed by atoms with Crippen LogP contribution >= 0.6 is 0 Å². The normalized spacial score (nSPS) is 16.5. The number of nitrogens with one attached hydrogen (secondary N) is 2. The topological polar surface area (TPSA) is 131 Å². The van der Waals surface area contributed by atoms with Crippen molar-refractivity contribution in [2.24, 2.45) is 16.1 Å². The van der Waals surface area contributed by atoms with Crippen molar-refractivity contribution in [1.82, 2.24) is 20.8 Å². The molecule has 0 saturated carbocycles. The summed E-state index contributed by atoms with van der Waals surface area (Å²) in [7, 11) is 0. The van der Waals surface area contributed by atoms with Gasteiger partial charge in [0.15, 0.2) is 5.82 Å². The van der Waals surface area contributed by atoms with Crippen molar-refractivity contribution in [2.75, 3.05) is 13.1 Å². The van der Waals surface area contributed by atoms with Gasteiger partial charge in [0.05, 0.1) is 12.5 Å². The predicted octanol–water partition coefficient (Wildman–Crippen LogP) is 3.45. The van der Waals surface area contributed by atoms with Crippen LogP contribution in [0.1, 0.15) is 24.3 Å². The van der Waals surface area contributed by atoms with Gasteiger partial charge in [-0.2, -0.15) is 13.8 Å². The molecule has 10 nitrogen and oxygen atoms in total. The first-order valence-electron chi connectivity index (χ1n) is 11.4. The minimum absolute atomic E-state index is 0.161. The number of fused-ring (bicyclic) bond motifs is 1. The van der Waals surface area contributed by atoms with Crippen LogP contribution in [0.4, 0.5) is 8.78 Å². The third kappa shape index (κ3) is 6.75. The number of benzene rings is 1. The number of azo groups is 1. The molecule has 0 bridgehead atoms. The van der Waals surface area contributed by atoms with Crippen molar-refractivity contribution in [3.05, 3.63) is 71.4 Å². The zero-order chi connectivity index (χ0) is 25.3. The molecule has 2 N–H and O–H groups in total. The number of nitrogens with zero attached hydrogens (tertiary/aromatic N) is 4. The Hall–Kier alpha value is -4.06. The fourth-order valence-corrected chi connectivity index (χ4v) is 3.60. The molecule has 1 aliphatic heterocycles. The third-order valence-electron chi connectivity index (χ3n) is 5.38. The van der Waals surface area contributed by atoms with Crippen molar-refractivity contribution in [1.29, 1.82) is 0 Å². The molecule has 2 aliphatic rings. The SMILES string of the molecule is O=C(CCc1nc(-c2cccc(COC(F)F)c2)no1)NCCCNC1=C2C=CC=CC2C(=O)N=N1. The maximum Gasteiger partial charge on any atom is 0.345 e. The average molecular weight is 498 g/mol. The van der Waals surface area contributed by atoms with Crippen LogP contribution in [0.25, 0.3) is 11.4 Å². The minimum atomic E-state index is -2.85. The smallest absolute Gasteiger partial charge is 0.345 e. The Balaban J connectivity index is 1.17. The van der Waals surface area contributed by atoms with Gasteiger partial charge in [-0.25, -0.2) is 0 Å². The highest BCUT2D eigenvalue weighted by Crippen LogP contribution is 2.27. The molecule has 2 aromatic rings. The summed E-state index contributed by atoms with van der Waals surface area (Å²) in [6.07, 6.45) is 8.35. The van der Waals surface area contributed by atoms with Crippen LogP contribution in [0.3, 0.4) is 0 Å². The van der Waals surface area contributed by atoms with E-state index in [0.29, 0.717) is 48.2 Å². The first-order valence-corrected chi connectivity index (χ1v) is 11.4. The molecular formula is C24H24F2N6O4. The zero-order valence-electron chi connectivity index (χ0n) is 19.2. The number of hydrogen-bond donors (Lipinski definition) is 2. The number of rotatable bonds is 12. The van der Waals surface area contributed by atoms with Crippen LogP contribution < -0.4 is 10.6 Å². The van der Waals surface area contributed by atoms with E-state index in [1.54, 1.807) is 30.3 Å². The molecule has 0 spiro atoms. The second-order valence-electron chi connectivity index (χ2n) is 7.98. The van der Waals surface area contributed by atoms with E-state index in [4.69, 9.17) is 4.52 Å². The average Bonchev–Trinajstić information content (AvgIpc) is 3.37. The lowest BCUT2D eigenvalue weighted by Crippen LogP contribution is -2.28. The zero-order valence-corrected chi connectivity index (χ0v) is 19.2. The van der Waals surface area contributed by atoms with Gasteiger partial charge in [-0.15, -0.1) is 10.2 Å². The van der Waals surface area contributed by atoms with Crippen LogP contribution in [-0.4, -0.2) is 41.7 Å². The van der Waals surface area contributed by atoms with Crippen molar-refractivity contribution in [2.45, 2.75) is 32.5 Å². The second-order valence-corrected chi connectivity index (χ2v) is 7.98. The third-order valence-corrected chi connectivity index (χ3v) is 5.38.